The number of nitriles is 1. The minimum Gasteiger partial charge on any atom is -0.339 e. The van der Waals surface area contributed by atoms with Gasteiger partial charge in [0, 0.05) is 24.2 Å². The van der Waals surface area contributed by atoms with Crippen LogP contribution in [0.15, 0.2) is 51.8 Å². The number of hydrogen-bond acceptors (Lipinski definition) is 6. The van der Waals surface area contributed by atoms with Crippen LogP contribution in [-0.2, 0) is 11.3 Å². The summed E-state index contributed by atoms with van der Waals surface area (Å²) in [5.74, 6) is 0.502. The van der Waals surface area contributed by atoms with Crippen LogP contribution >= 0.6 is 0 Å². The van der Waals surface area contributed by atoms with Gasteiger partial charge in [-0.25, -0.2) is 4.79 Å². The number of rotatable bonds is 5. The number of nitrogens with zero attached hydrogens (tertiary/aromatic N) is 5. The molecule has 0 fully saturated rings. The zero-order valence-electron chi connectivity index (χ0n) is 17.3. The molecule has 2 aromatic heterocycles. The van der Waals surface area contributed by atoms with Crippen molar-refractivity contribution < 1.29 is 9.32 Å². The molecule has 0 radical (unpaired) electrons. The molecule has 1 amide bonds. The largest absolute Gasteiger partial charge is 0.339 e. The Kier molecular flexibility index (Phi) is 5.13. The quantitative estimate of drug-likeness (QED) is 0.533. The van der Waals surface area contributed by atoms with Crippen molar-refractivity contribution in [1.82, 2.24) is 19.3 Å². The van der Waals surface area contributed by atoms with Crippen molar-refractivity contribution in [2.45, 2.75) is 33.4 Å². The van der Waals surface area contributed by atoms with Crippen LogP contribution in [0.2, 0.25) is 0 Å². The Hall–Kier alpha value is -4.19. The lowest BCUT2D eigenvalue weighted by atomic mass is 10.2. The normalized spacial score (nSPS) is 11.1. The highest BCUT2D eigenvalue weighted by Gasteiger charge is 2.19. The Morgan fingerprint density at radius 3 is 2.55 bits per heavy atom. The standard InChI is InChI=1S/C22H20N6O3/c1-13(2)28-18-9-6-16(21-24-14(3)31-26-21)10-19(18)27(22(28)30)12-20(29)25-17-7-4-15(11-23)5-8-17/h4-10,13H,12H2,1-3H3,(H,25,29). The summed E-state index contributed by atoms with van der Waals surface area (Å²) >= 11 is 0. The van der Waals surface area contributed by atoms with E-state index in [9.17, 15) is 9.59 Å². The number of carbonyl (C=O) groups is 1. The van der Waals surface area contributed by atoms with Gasteiger partial charge in [-0.1, -0.05) is 5.16 Å². The molecule has 0 aliphatic rings. The van der Waals surface area contributed by atoms with E-state index in [0.717, 1.165) is 5.52 Å². The first kappa shape index (κ1) is 20.1. The van der Waals surface area contributed by atoms with E-state index in [1.54, 1.807) is 41.8 Å². The first-order valence-electron chi connectivity index (χ1n) is 9.73. The molecule has 0 saturated heterocycles. The van der Waals surface area contributed by atoms with Crippen molar-refractivity contribution in [3.05, 3.63) is 64.4 Å². The fourth-order valence-electron chi connectivity index (χ4n) is 3.46. The number of nitrogens with one attached hydrogen (secondary N) is 1. The predicted octanol–water partition coefficient (Wildman–Crippen LogP) is 3.25. The minimum atomic E-state index is -0.351. The second-order valence-corrected chi connectivity index (χ2v) is 7.41. The van der Waals surface area contributed by atoms with Crippen LogP contribution in [0.3, 0.4) is 0 Å². The summed E-state index contributed by atoms with van der Waals surface area (Å²) in [7, 11) is 0. The molecule has 4 rings (SSSR count). The van der Waals surface area contributed by atoms with Crippen LogP contribution in [0.1, 0.15) is 31.3 Å². The summed E-state index contributed by atoms with van der Waals surface area (Å²) < 4.78 is 8.14. The molecule has 0 aliphatic heterocycles. The smallest absolute Gasteiger partial charge is 0.329 e. The molecule has 2 aromatic carbocycles. The zero-order valence-corrected chi connectivity index (χ0v) is 17.3. The van der Waals surface area contributed by atoms with E-state index in [-0.39, 0.29) is 24.2 Å². The predicted molar refractivity (Wildman–Crippen MR) is 114 cm³/mol. The van der Waals surface area contributed by atoms with Gasteiger partial charge in [0.1, 0.15) is 6.54 Å². The van der Waals surface area contributed by atoms with E-state index in [4.69, 9.17) is 9.78 Å². The average molecular weight is 416 g/mol. The third kappa shape index (κ3) is 3.83. The molecular formula is C22H20N6O3. The van der Waals surface area contributed by atoms with Gasteiger partial charge in [0.25, 0.3) is 0 Å². The molecule has 0 bridgehead atoms. The fraction of sp³-hybridized carbons (Fsp3) is 0.227. The maximum Gasteiger partial charge on any atom is 0.329 e. The van der Waals surface area contributed by atoms with Gasteiger partial charge in [0.05, 0.1) is 22.7 Å². The molecule has 9 nitrogen and oxygen atoms in total. The van der Waals surface area contributed by atoms with Gasteiger partial charge in [-0.15, -0.1) is 0 Å². The van der Waals surface area contributed by atoms with E-state index in [1.165, 1.54) is 4.57 Å². The second-order valence-electron chi connectivity index (χ2n) is 7.41. The van der Waals surface area contributed by atoms with E-state index in [0.29, 0.717) is 34.0 Å². The fourth-order valence-corrected chi connectivity index (χ4v) is 3.46. The molecule has 0 unspecified atom stereocenters. The van der Waals surface area contributed by atoms with Gasteiger partial charge in [-0.05, 0) is 56.3 Å². The van der Waals surface area contributed by atoms with Crippen LogP contribution < -0.4 is 11.0 Å². The van der Waals surface area contributed by atoms with Crippen molar-refractivity contribution in [3.63, 3.8) is 0 Å². The van der Waals surface area contributed by atoms with E-state index < -0.39 is 0 Å². The number of anilines is 1. The summed E-state index contributed by atoms with van der Waals surface area (Å²) in [4.78, 5) is 30.0. The summed E-state index contributed by atoms with van der Waals surface area (Å²) in [6.07, 6.45) is 0. The monoisotopic (exact) mass is 416 g/mol. The molecular weight excluding hydrogens is 396 g/mol. The lowest BCUT2D eigenvalue weighted by Gasteiger charge is -2.07. The summed E-state index contributed by atoms with van der Waals surface area (Å²) in [5.41, 5.74) is 2.78. The number of benzene rings is 2. The van der Waals surface area contributed by atoms with Crippen molar-refractivity contribution in [3.8, 4) is 17.5 Å². The molecule has 0 saturated carbocycles. The van der Waals surface area contributed by atoms with Gasteiger partial charge in [0.15, 0.2) is 0 Å². The van der Waals surface area contributed by atoms with Crippen LogP contribution in [0, 0.1) is 18.3 Å². The Morgan fingerprint density at radius 2 is 1.94 bits per heavy atom. The molecule has 9 heteroatoms. The molecule has 2 heterocycles. The number of carbonyl (C=O) groups excluding carboxylic acids is 1. The van der Waals surface area contributed by atoms with Gasteiger partial charge in [0.2, 0.25) is 17.6 Å². The first-order valence-corrected chi connectivity index (χ1v) is 9.73. The SMILES string of the molecule is Cc1nc(-c2ccc3c(c2)n(CC(=O)Nc2ccc(C#N)cc2)c(=O)n3C(C)C)no1. The lowest BCUT2D eigenvalue weighted by Crippen LogP contribution is -2.30. The van der Waals surface area contributed by atoms with E-state index in [2.05, 4.69) is 15.5 Å². The van der Waals surface area contributed by atoms with Gasteiger partial charge < -0.3 is 9.84 Å². The maximum absolute atomic E-state index is 13.1. The van der Waals surface area contributed by atoms with Crippen LogP contribution in [0.25, 0.3) is 22.4 Å². The summed E-state index contributed by atoms with van der Waals surface area (Å²) in [6.45, 7) is 5.37. The van der Waals surface area contributed by atoms with E-state index in [1.807, 2.05) is 32.0 Å². The first-order chi connectivity index (χ1) is 14.9. The van der Waals surface area contributed by atoms with Crippen molar-refractivity contribution in [1.29, 1.82) is 5.26 Å². The number of aromatic nitrogens is 4. The Morgan fingerprint density at radius 1 is 1.19 bits per heavy atom. The Labute approximate surface area is 177 Å². The number of aryl methyl sites for hydroxylation is 1. The molecule has 0 spiro atoms. The second kappa shape index (κ2) is 7.91. The number of amides is 1. The third-order valence-electron chi connectivity index (χ3n) is 4.86. The third-order valence-corrected chi connectivity index (χ3v) is 4.86. The average Bonchev–Trinajstić information content (AvgIpc) is 3.29. The lowest BCUT2D eigenvalue weighted by molar-refractivity contribution is -0.116. The number of fused-ring (bicyclic) bond motifs is 1. The molecule has 0 aliphatic carbocycles. The Balaban J connectivity index is 1.72. The van der Waals surface area contributed by atoms with Crippen molar-refractivity contribution >= 4 is 22.6 Å². The van der Waals surface area contributed by atoms with Gasteiger partial charge >= 0.3 is 5.69 Å². The van der Waals surface area contributed by atoms with Gasteiger partial charge in [-0.2, -0.15) is 10.2 Å². The minimum absolute atomic E-state index is 0.0869. The number of imidazole rings is 1. The van der Waals surface area contributed by atoms with Crippen molar-refractivity contribution in [2.75, 3.05) is 5.32 Å². The number of hydrogen-bond donors (Lipinski definition) is 1. The van der Waals surface area contributed by atoms with Crippen molar-refractivity contribution in [2.24, 2.45) is 0 Å². The maximum atomic E-state index is 13.1. The summed E-state index contributed by atoms with van der Waals surface area (Å²) in [6, 6.07) is 13.9. The molecule has 156 valence electrons. The van der Waals surface area contributed by atoms with Crippen LogP contribution in [-0.4, -0.2) is 25.2 Å². The molecule has 31 heavy (non-hydrogen) atoms. The zero-order chi connectivity index (χ0) is 22.1. The van der Waals surface area contributed by atoms with Crippen LogP contribution in [0.4, 0.5) is 5.69 Å². The van der Waals surface area contributed by atoms with E-state index >= 15 is 0 Å². The molecule has 1 N–H and O–H groups in total. The molecule has 4 aromatic rings. The topological polar surface area (TPSA) is 119 Å². The van der Waals surface area contributed by atoms with Crippen LogP contribution in [0.5, 0.6) is 0 Å². The summed E-state index contributed by atoms with van der Waals surface area (Å²) in [5, 5.41) is 15.6. The highest BCUT2D eigenvalue weighted by molar-refractivity contribution is 5.92. The highest BCUT2D eigenvalue weighted by Crippen LogP contribution is 2.24. The van der Waals surface area contributed by atoms with Gasteiger partial charge in [-0.3, -0.25) is 13.9 Å². The Bertz CT molecular complexity index is 1370. The molecule has 0 atom stereocenters. The highest BCUT2D eigenvalue weighted by atomic mass is 16.5.